The number of methoxy groups -OCH3 is 1. The number of carbonyl (C=O) groups is 1. The first-order chi connectivity index (χ1) is 6.65. The number of nitrogens with zero attached hydrogens (tertiary/aromatic N) is 1. The molecule has 1 saturated carbocycles. The van der Waals surface area contributed by atoms with Crippen LogP contribution in [0.5, 0.6) is 0 Å². The molecule has 0 heterocycles. The molecule has 1 unspecified atom stereocenters. The van der Waals surface area contributed by atoms with Gasteiger partial charge < -0.3 is 15.6 Å². The highest BCUT2D eigenvalue weighted by Gasteiger charge is 2.30. The zero-order valence-corrected chi connectivity index (χ0v) is 8.48. The van der Waals surface area contributed by atoms with Gasteiger partial charge in [-0.25, -0.2) is 0 Å². The zero-order chi connectivity index (χ0) is 10.6. The van der Waals surface area contributed by atoms with Crippen molar-refractivity contribution in [3.63, 3.8) is 0 Å². The van der Waals surface area contributed by atoms with E-state index in [1.807, 2.05) is 0 Å². The van der Waals surface area contributed by atoms with E-state index in [2.05, 4.69) is 4.90 Å². The van der Waals surface area contributed by atoms with E-state index in [-0.39, 0.29) is 0 Å². The lowest BCUT2D eigenvalue weighted by Gasteiger charge is -2.23. The van der Waals surface area contributed by atoms with Crippen molar-refractivity contribution in [1.82, 2.24) is 4.90 Å². The van der Waals surface area contributed by atoms with E-state index in [0.717, 1.165) is 19.4 Å². The van der Waals surface area contributed by atoms with Gasteiger partial charge in [0.2, 0.25) is 0 Å². The molecule has 0 aliphatic heterocycles. The van der Waals surface area contributed by atoms with Crippen molar-refractivity contribution in [1.29, 1.82) is 0 Å². The standard InChI is InChI=1S/C9H18N2O3/c1-14-5-4-11(7-2-3-7)6-8(10)9(12)13/h7-8H,2-6,10H2,1H3,(H,12,13). The summed E-state index contributed by atoms with van der Waals surface area (Å²) in [5, 5.41) is 8.68. The summed E-state index contributed by atoms with van der Waals surface area (Å²) in [6, 6.07) is -0.261. The minimum atomic E-state index is -0.937. The average Bonchev–Trinajstić information content (AvgIpc) is 2.94. The number of rotatable bonds is 7. The number of aliphatic carboxylic acids is 1. The maximum atomic E-state index is 10.6. The highest BCUT2D eigenvalue weighted by atomic mass is 16.5. The average molecular weight is 202 g/mol. The number of hydrogen-bond donors (Lipinski definition) is 2. The van der Waals surface area contributed by atoms with Gasteiger partial charge in [0.1, 0.15) is 6.04 Å². The summed E-state index contributed by atoms with van der Waals surface area (Å²) in [5.41, 5.74) is 5.47. The Hall–Kier alpha value is -0.650. The normalized spacial score (nSPS) is 18.5. The predicted molar refractivity (Wildman–Crippen MR) is 52.1 cm³/mol. The number of hydrogen-bond acceptors (Lipinski definition) is 4. The topological polar surface area (TPSA) is 75.8 Å². The molecule has 1 atom stereocenters. The molecule has 82 valence electrons. The second-order valence-electron chi connectivity index (χ2n) is 3.66. The largest absolute Gasteiger partial charge is 0.480 e. The van der Waals surface area contributed by atoms with Crippen LogP contribution in [0.25, 0.3) is 0 Å². The van der Waals surface area contributed by atoms with E-state index in [1.54, 1.807) is 7.11 Å². The van der Waals surface area contributed by atoms with E-state index < -0.39 is 12.0 Å². The van der Waals surface area contributed by atoms with Crippen LogP contribution < -0.4 is 5.73 Å². The van der Waals surface area contributed by atoms with Gasteiger partial charge in [0, 0.05) is 26.2 Å². The molecule has 0 amide bonds. The quantitative estimate of drug-likeness (QED) is 0.582. The van der Waals surface area contributed by atoms with Crippen LogP contribution in [-0.4, -0.2) is 54.9 Å². The minimum Gasteiger partial charge on any atom is -0.480 e. The molecule has 0 spiro atoms. The molecular weight excluding hydrogens is 184 g/mol. The van der Waals surface area contributed by atoms with Crippen LogP contribution >= 0.6 is 0 Å². The van der Waals surface area contributed by atoms with Gasteiger partial charge in [-0.3, -0.25) is 9.69 Å². The number of ether oxygens (including phenoxy) is 1. The molecule has 0 radical (unpaired) electrons. The van der Waals surface area contributed by atoms with Crippen molar-refractivity contribution in [2.45, 2.75) is 24.9 Å². The second-order valence-corrected chi connectivity index (χ2v) is 3.66. The number of carboxylic acid groups (broad SMARTS) is 1. The summed E-state index contributed by atoms with van der Waals surface area (Å²) in [6.45, 7) is 1.81. The fourth-order valence-electron chi connectivity index (χ4n) is 1.40. The Morgan fingerprint density at radius 3 is 2.79 bits per heavy atom. The monoisotopic (exact) mass is 202 g/mol. The molecule has 0 aromatic heterocycles. The van der Waals surface area contributed by atoms with Crippen molar-refractivity contribution in [2.24, 2.45) is 5.73 Å². The second kappa shape index (κ2) is 5.29. The Morgan fingerprint density at radius 2 is 2.36 bits per heavy atom. The molecule has 0 aromatic carbocycles. The molecule has 1 aliphatic carbocycles. The van der Waals surface area contributed by atoms with Crippen molar-refractivity contribution >= 4 is 5.97 Å². The van der Waals surface area contributed by atoms with Crippen LogP contribution in [0.4, 0.5) is 0 Å². The first-order valence-corrected chi connectivity index (χ1v) is 4.86. The van der Waals surface area contributed by atoms with Crippen molar-refractivity contribution in [3.05, 3.63) is 0 Å². The van der Waals surface area contributed by atoms with Gasteiger partial charge in [0.05, 0.1) is 6.61 Å². The lowest BCUT2D eigenvalue weighted by atomic mass is 10.3. The molecule has 1 rings (SSSR count). The van der Waals surface area contributed by atoms with E-state index in [4.69, 9.17) is 15.6 Å². The summed E-state index contributed by atoms with van der Waals surface area (Å²) in [5.74, 6) is -0.937. The molecule has 5 nitrogen and oxygen atoms in total. The summed E-state index contributed by atoms with van der Waals surface area (Å²) in [6.07, 6.45) is 2.30. The molecule has 0 aromatic rings. The maximum Gasteiger partial charge on any atom is 0.321 e. The molecule has 1 aliphatic rings. The van der Waals surface area contributed by atoms with Crippen molar-refractivity contribution in [2.75, 3.05) is 26.8 Å². The Kier molecular flexibility index (Phi) is 4.31. The Balaban J connectivity index is 2.30. The highest BCUT2D eigenvalue weighted by Crippen LogP contribution is 2.26. The summed E-state index contributed by atoms with van der Waals surface area (Å²) in [7, 11) is 1.64. The smallest absolute Gasteiger partial charge is 0.321 e. The molecule has 5 heteroatoms. The first-order valence-electron chi connectivity index (χ1n) is 4.86. The Labute approximate surface area is 83.8 Å². The summed E-state index contributed by atoms with van der Waals surface area (Å²) >= 11 is 0. The van der Waals surface area contributed by atoms with E-state index in [1.165, 1.54) is 0 Å². The molecule has 0 saturated heterocycles. The third-order valence-electron chi connectivity index (χ3n) is 2.39. The summed E-state index contributed by atoms with van der Waals surface area (Å²) < 4.78 is 4.96. The fraction of sp³-hybridized carbons (Fsp3) is 0.889. The third-order valence-corrected chi connectivity index (χ3v) is 2.39. The van der Waals surface area contributed by atoms with Crippen molar-refractivity contribution in [3.8, 4) is 0 Å². The Morgan fingerprint density at radius 1 is 1.71 bits per heavy atom. The number of carboxylic acids is 1. The minimum absolute atomic E-state index is 0.420. The zero-order valence-electron chi connectivity index (χ0n) is 8.48. The van der Waals surface area contributed by atoms with E-state index in [0.29, 0.717) is 19.2 Å². The molecule has 14 heavy (non-hydrogen) atoms. The molecule has 3 N–H and O–H groups in total. The van der Waals surface area contributed by atoms with Crippen LogP contribution in [0.1, 0.15) is 12.8 Å². The summed E-state index contributed by atoms with van der Waals surface area (Å²) in [4.78, 5) is 12.7. The van der Waals surface area contributed by atoms with Crippen LogP contribution in [0, 0.1) is 0 Å². The molecular formula is C9H18N2O3. The lowest BCUT2D eigenvalue weighted by Crippen LogP contribution is -2.44. The Bertz CT molecular complexity index is 194. The van der Waals surface area contributed by atoms with Gasteiger partial charge in [-0.05, 0) is 12.8 Å². The fourth-order valence-corrected chi connectivity index (χ4v) is 1.40. The van der Waals surface area contributed by atoms with Crippen molar-refractivity contribution < 1.29 is 14.6 Å². The predicted octanol–water partition coefficient (Wildman–Crippen LogP) is -0.491. The number of nitrogens with two attached hydrogens (primary N) is 1. The van der Waals surface area contributed by atoms with Gasteiger partial charge in [0.15, 0.2) is 0 Å². The van der Waals surface area contributed by atoms with Gasteiger partial charge in [-0.2, -0.15) is 0 Å². The first kappa shape index (κ1) is 11.4. The van der Waals surface area contributed by atoms with E-state index in [9.17, 15) is 4.79 Å². The van der Waals surface area contributed by atoms with Crippen LogP contribution in [-0.2, 0) is 9.53 Å². The highest BCUT2D eigenvalue weighted by molar-refractivity contribution is 5.73. The SMILES string of the molecule is COCCN(CC(N)C(=O)O)C1CC1. The molecule has 1 fully saturated rings. The van der Waals surface area contributed by atoms with Crippen LogP contribution in [0.3, 0.4) is 0 Å². The maximum absolute atomic E-state index is 10.6. The van der Waals surface area contributed by atoms with Gasteiger partial charge in [-0.15, -0.1) is 0 Å². The molecule has 0 bridgehead atoms. The van der Waals surface area contributed by atoms with Crippen LogP contribution in [0.2, 0.25) is 0 Å². The lowest BCUT2D eigenvalue weighted by molar-refractivity contribution is -0.139. The van der Waals surface area contributed by atoms with Gasteiger partial charge >= 0.3 is 5.97 Å². The van der Waals surface area contributed by atoms with E-state index >= 15 is 0 Å². The van der Waals surface area contributed by atoms with Crippen LogP contribution in [0.15, 0.2) is 0 Å². The van der Waals surface area contributed by atoms with Gasteiger partial charge in [-0.1, -0.05) is 0 Å². The van der Waals surface area contributed by atoms with Gasteiger partial charge in [0.25, 0.3) is 0 Å². The third kappa shape index (κ3) is 3.61.